The van der Waals surface area contributed by atoms with Crippen LogP contribution in [-0.4, -0.2) is 6.03 Å². The summed E-state index contributed by atoms with van der Waals surface area (Å²) < 4.78 is 0. The van der Waals surface area contributed by atoms with Crippen molar-refractivity contribution in [1.82, 2.24) is 0 Å². The summed E-state index contributed by atoms with van der Waals surface area (Å²) in [7, 11) is 0. The number of hydrogen-bond donors (Lipinski definition) is 3. The molecule has 0 radical (unpaired) electrons. The van der Waals surface area contributed by atoms with Gasteiger partial charge in [-0.05, 0) is 48.9 Å². The van der Waals surface area contributed by atoms with E-state index in [4.69, 9.17) is 11.0 Å². The Balaban J connectivity index is 2.06. The summed E-state index contributed by atoms with van der Waals surface area (Å²) >= 11 is 0. The van der Waals surface area contributed by atoms with E-state index in [1.165, 1.54) is 0 Å². The zero-order valence-corrected chi connectivity index (χ0v) is 11.6. The third-order valence-electron chi connectivity index (χ3n) is 3.05. The molecule has 0 aromatic heterocycles. The fourth-order valence-corrected chi connectivity index (χ4v) is 2.00. The highest BCUT2D eigenvalue weighted by Crippen LogP contribution is 2.21. The van der Waals surface area contributed by atoms with E-state index in [1.807, 2.05) is 37.3 Å². The third kappa shape index (κ3) is 3.98. The normalized spacial score (nSPS) is 11.2. The van der Waals surface area contributed by atoms with Crippen LogP contribution in [0.3, 0.4) is 0 Å². The first kappa shape index (κ1) is 14.4. The van der Waals surface area contributed by atoms with Crippen LogP contribution >= 0.6 is 0 Å². The Labute approximate surface area is 123 Å². The van der Waals surface area contributed by atoms with Gasteiger partial charge in [0.25, 0.3) is 0 Å². The van der Waals surface area contributed by atoms with Crippen LogP contribution in [0.5, 0.6) is 0 Å². The number of nitrogens with zero attached hydrogens (tertiary/aromatic N) is 1. The van der Waals surface area contributed by atoms with Gasteiger partial charge in [0.05, 0.1) is 11.6 Å². The highest BCUT2D eigenvalue weighted by atomic mass is 16.2. The molecule has 0 aliphatic carbocycles. The lowest BCUT2D eigenvalue weighted by atomic mass is 10.1. The molecular formula is C16H16N4O. The summed E-state index contributed by atoms with van der Waals surface area (Å²) in [6.45, 7) is 2.02. The molecule has 2 aromatic carbocycles. The van der Waals surface area contributed by atoms with Crippen molar-refractivity contribution < 1.29 is 4.79 Å². The van der Waals surface area contributed by atoms with Gasteiger partial charge in [0, 0.05) is 17.4 Å². The zero-order valence-electron chi connectivity index (χ0n) is 11.6. The molecule has 2 amide bonds. The van der Waals surface area contributed by atoms with Gasteiger partial charge < -0.3 is 16.4 Å². The SMILES string of the molecule is CC(Nc1ccc(NC(N)=O)cc1)c1cccc(C#N)c1. The Hall–Kier alpha value is -3.00. The van der Waals surface area contributed by atoms with Gasteiger partial charge in [-0.15, -0.1) is 0 Å². The second kappa shape index (κ2) is 6.44. The second-order valence-corrected chi connectivity index (χ2v) is 4.67. The minimum Gasteiger partial charge on any atom is -0.379 e. The standard InChI is InChI=1S/C16H16N4O/c1-11(13-4-2-3-12(9-13)10-17)19-14-5-7-15(8-6-14)20-16(18)21/h2-9,11,19H,1H3,(H3,18,20,21). The fraction of sp³-hybridized carbons (Fsp3) is 0.125. The third-order valence-corrected chi connectivity index (χ3v) is 3.05. The molecule has 1 unspecified atom stereocenters. The van der Waals surface area contributed by atoms with Crippen LogP contribution in [0.4, 0.5) is 16.2 Å². The number of benzene rings is 2. The molecule has 0 spiro atoms. The van der Waals surface area contributed by atoms with Gasteiger partial charge in [-0.3, -0.25) is 0 Å². The number of primary amides is 1. The van der Waals surface area contributed by atoms with Crippen molar-refractivity contribution in [3.05, 3.63) is 59.7 Å². The summed E-state index contributed by atoms with van der Waals surface area (Å²) in [5.74, 6) is 0. The van der Waals surface area contributed by atoms with Crippen LogP contribution in [0.15, 0.2) is 48.5 Å². The number of carbonyl (C=O) groups excluding carboxylic acids is 1. The number of nitrogens with two attached hydrogens (primary N) is 1. The molecule has 2 aromatic rings. The van der Waals surface area contributed by atoms with Crippen LogP contribution in [0, 0.1) is 11.3 Å². The maximum Gasteiger partial charge on any atom is 0.316 e. The molecule has 0 saturated carbocycles. The van der Waals surface area contributed by atoms with Crippen molar-refractivity contribution in [3.63, 3.8) is 0 Å². The molecule has 0 aliphatic rings. The summed E-state index contributed by atoms with van der Waals surface area (Å²) in [5, 5.41) is 14.8. The molecule has 5 nitrogen and oxygen atoms in total. The van der Waals surface area contributed by atoms with E-state index in [9.17, 15) is 4.79 Å². The minimum absolute atomic E-state index is 0.0632. The number of hydrogen-bond acceptors (Lipinski definition) is 3. The van der Waals surface area contributed by atoms with Crippen LogP contribution in [0.2, 0.25) is 0 Å². The average Bonchev–Trinajstić information content (AvgIpc) is 2.49. The number of nitrogens with one attached hydrogen (secondary N) is 2. The van der Waals surface area contributed by atoms with E-state index in [0.29, 0.717) is 11.3 Å². The van der Waals surface area contributed by atoms with Crippen molar-refractivity contribution in [1.29, 1.82) is 5.26 Å². The van der Waals surface area contributed by atoms with E-state index in [2.05, 4.69) is 16.7 Å². The quantitative estimate of drug-likeness (QED) is 0.803. The molecule has 0 heterocycles. The fourth-order valence-electron chi connectivity index (χ4n) is 2.00. The Kier molecular flexibility index (Phi) is 4.42. The zero-order chi connectivity index (χ0) is 15.2. The monoisotopic (exact) mass is 280 g/mol. The first-order chi connectivity index (χ1) is 10.1. The van der Waals surface area contributed by atoms with Crippen LogP contribution in [0.25, 0.3) is 0 Å². The lowest BCUT2D eigenvalue weighted by molar-refractivity contribution is 0.259. The van der Waals surface area contributed by atoms with Gasteiger partial charge in [0.15, 0.2) is 0 Å². The lowest BCUT2D eigenvalue weighted by Gasteiger charge is -2.16. The largest absolute Gasteiger partial charge is 0.379 e. The maximum absolute atomic E-state index is 10.7. The Morgan fingerprint density at radius 1 is 1.19 bits per heavy atom. The highest BCUT2D eigenvalue weighted by Gasteiger charge is 2.06. The Bertz CT molecular complexity index is 673. The molecule has 0 fully saturated rings. The predicted molar refractivity (Wildman–Crippen MR) is 82.8 cm³/mol. The molecule has 0 bridgehead atoms. The predicted octanol–water partition coefficient (Wildman–Crippen LogP) is 3.22. The first-order valence-electron chi connectivity index (χ1n) is 6.51. The van der Waals surface area contributed by atoms with Gasteiger partial charge in [0.2, 0.25) is 0 Å². The Morgan fingerprint density at radius 2 is 1.86 bits per heavy atom. The molecule has 0 saturated heterocycles. The summed E-state index contributed by atoms with van der Waals surface area (Å²) in [6.07, 6.45) is 0. The van der Waals surface area contributed by atoms with Crippen molar-refractivity contribution in [2.24, 2.45) is 5.73 Å². The van der Waals surface area contributed by atoms with E-state index in [1.54, 1.807) is 18.2 Å². The van der Waals surface area contributed by atoms with Crippen molar-refractivity contribution >= 4 is 17.4 Å². The first-order valence-corrected chi connectivity index (χ1v) is 6.51. The number of anilines is 2. The molecule has 0 aliphatic heterocycles. The minimum atomic E-state index is -0.586. The van der Waals surface area contributed by atoms with Crippen LogP contribution < -0.4 is 16.4 Å². The van der Waals surface area contributed by atoms with Crippen molar-refractivity contribution in [2.45, 2.75) is 13.0 Å². The smallest absolute Gasteiger partial charge is 0.316 e. The van der Waals surface area contributed by atoms with E-state index >= 15 is 0 Å². The molecule has 21 heavy (non-hydrogen) atoms. The molecule has 4 N–H and O–H groups in total. The average molecular weight is 280 g/mol. The van der Waals surface area contributed by atoms with Gasteiger partial charge in [0.1, 0.15) is 0 Å². The van der Waals surface area contributed by atoms with Crippen molar-refractivity contribution in [3.8, 4) is 6.07 Å². The number of urea groups is 1. The topological polar surface area (TPSA) is 90.9 Å². The van der Waals surface area contributed by atoms with Gasteiger partial charge >= 0.3 is 6.03 Å². The summed E-state index contributed by atoms with van der Waals surface area (Å²) in [6, 6.07) is 16.3. The van der Waals surface area contributed by atoms with E-state index < -0.39 is 6.03 Å². The summed E-state index contributed by atoms with van der Waals surface area (Å²) in [4.78, 5) is 10.7. The second-order valence-electron chi connectivity index (χ2n) is 4.67. The maximum atomic E-state index is 10.7. The number of amides is 2. The molecule has 1 atom stereocenters. The highest BCUT2D eigenvalue weighted by molar-refractivity contribution is 5.87. The van der Waals surface area contributed by atoms with E-state index in [-0.39, 0.29) is 6.04 Å². The van der Waals surface area contributed by atoms with Crippen molar-refractivity contribution in [2.75, 3.05) is 10.6 Å². The van der Waals surface area contributed by atoms with Crippen LogP contribution in [0.1, 0.15) is 24.1 Å². The number of rotatable bonds is 4. The Morgan fingerprint density at radius 3 is 2.48 bits per heavy atom. The lowest BCUT2D eigenvalue weighted by Crippen LogP contribution is -2.19. The van der Waals surface area contributed by atoms with Gasteiger partial charge in [-0.25, -0.2) is 4.79 Å². The van der Waals surface area contributed by atoms with E-state index in [0.717, 1.165) is 11.3 Å². The van der Waals surface area contributed by atoms with Crippen LogP contribution in [-0.2, 0) is 0 Å². The number of carbonyl (C=O) groups is 1. The van der Waals surface area contributed by atoms with Gasteiger partial charge in [-0.2, -0.15) is 5.26 Å². The van der Waals surface area contributed by atoms with Gasteiger partial charge in [-0.1, -0.05) is 12.1 Å². The molecule has 106 valence electrons. The molecular weight excluding hydrogens is 264 g/mol. The number of nitriles is 1. The molecule has 2 rings (SSSR count). The summed E-state index contributed by atoms with van der Waals surface area (Å²) in [5.41, 5.74) is 8.29. The molecule has 5 heteroatoms.